The van der Waals surface area contributed by atoms with Gasteiger partial charge in [-0.15, -0.1) is 0 Å². The summed E-state index contributed by atoms with van der Waals surface area (Å²) in [6, 6.07) is 21.3. The summed E-state index contributed by atoms with van der Waals surface area (Å²) in [7, 11) is 0. The van der Waals surface area contributed by atoms with Crippen LogP contribution in [0.1, 0.15) is 23.6 Å². The van der Waals surface area contributed by atoms with Crippen LogP contribution >= 0.6 is 11.6 Å². The summed E-state index contributed by atoms with van der Waals surface area (Å²) in [6.45, 7) is 0.160. The topological polar surface area (TPSA) is 77.0 Å². The van der Waals surface area contributed by atoms with Crippen LogP contribution in [-0.4, -0.2) is 40.8 Å². The highest BCUT2D eigenvalue weighted by Crippen LogP contribution is 2.33. The van der Waals surface area contributed by atoms with E-state index >= 15 is 0 Å². The Morgan fingerprint density at radius 3 is 2.75 bits per heavy atom. The Bertz CT molecular complexity index is 1210. The lowest BCUT2D eigenvalue weighted by Crippen LogP contribution is -2.52. The number of nitrogens with one attached hydrogen (secondary N) is 2. The maximum atomic E-state index is 13.0. The minimum atomic E-state index is -0.409. The van der Waals surface area contributed by atoms with E-state index in [1.807, 2.05) is 36.4 Å². The van der Waals surface area contributed by atoms with Crippen LogP contribution in [0.4, 0.5) is 0 Å². The van der Waals surface area contributed by atoms with E-state index in [1.54, 1.807) is 17.4 Å². The lowest BCUT2D eigenvalue weighted by molar-refractivity contribution is -0.140. The average molecular weight is 448 g/mol. The first-order valence-electron chi connectivity index (χ1n) is 10.5. The molecule has 2 atom stereocenters. The molecule has 0 aromatic heterocycles. The molecule has 8 heteroatoms. The van der Waals surface area contributed by atoms with E-state index in [2.05, 4.69) is 40.1 Å². The minimum absolute atomic E-state index is 0.0181. The van der Waals surface area contributed by atoms with Gasteiger partial charge in [-0.1, -0.05) is 72.3 Å². The number of carbonyl (C=O) groups excluding carboxylic acids is 2. The molecule has 7 nitrogen and oxygen atoms in total. The highest BCUT2D eigenvalue weighted by atomic mass is 35.5. The van der Waals surface area contributed by atoms with Gasteiger partial charge in [-0.05, 0) is 34.4 Å². The molecule has 0 radical (unpaired) electrons. The Balaban J connectivity index is 1.24. The third kappa shape index (κ3) is 3.92. The third-order valence-electron chi connectivity index (χ3n) is 5.88. The van der Waals surface area contributed by atoms with Gasteiger partial charge in [0.15, 0.2) is 0 Å². The van der Waals surface area contributed by atoms with Crippen LogP contribution in [-0.2, 0) is 16.1 Å². The number of hydrazone groups is 1. The predicted octanol–water partition coefficient (Wildman–Crippen LogP) is 3.22. The highest BCUT2D eigenvalue weighted by Gasteiger charge is 2.41. The number of nitrogens with zero attached hydrogens (tertiary/aromatic N) is 3. The molecule has 3 aromatic carbocycles. The molecule has 3 aromatic rings. The van der Waals surface area contributed by atoms with Crippen LogP contribution in [0.5, 0.6) is 0 Å². The molecule has 5 rings (SSSR count). The third-order valence-corrected chi connectivity index (χ3v) is 6.25. The molecule has 2 N–H and O–H groups in total. The fraction of sp³-hybridized carbons (Fsp3) is 0.208. The first-order valence-corrected chi connectivity index (χ1v) is 10.9. The quantitative estimate of drug-likeness (QED) is 0.629. The fourth-order valence-corrected chi connectivity index (χ4v) is 4.44. The second kappa shape index (κ2) is 8.61. The van der Waals surface area contributed by atoms with E-state index in [0.717, 1.165) is 21.9 Å². The van der Waals surface area contributed by atoms with Gasteiger partial charge >= 0.3 is 0 Å². The Labute approximate surface area is 190 Å². The van der Waals surface area contributed by atoms with E-state index < -0.39 is 6.04 Å². The molecule has 2 aliphatic heterocycles. The molecular weight excluding hydrogens is 426 g/mol. The normalized spacial score (nSPS) is 20.0. The SMILES string of the molecule is O=C(CN1N=CN2NC(c3cccc4ccccc34)CC2C1=O)NCc1ccccc1Cl. The van der Waals surface area contributed by atoms with Crippen LogP contribution in [0.3, 0.4) is 0 Å². The molecule has 2 amide bonds. The van der Waals surface area contributed by atoms with Crippen molar-refractivity contribution in [2.45, 2.75) is 25.0 Å². The first kappa shape index (κ1) is 20.5. The molecule has 2 heterocycles. The zero-order valence-corrected chi connectivity index (χ0v) is 18.0. The van der Waals surface area contributed by atoms with E-state index in [-0.39, 0.29) is 24.4 Å². The number of hydrogen-bond acceptors (Lipinski definition) is 5. The molecule has 0 spiro atoms. The van der Waals surface area contributed by atoms with Crippen molar-refractivity contribution in [3.8, 4) is 0 Å². The average Bonchev–Trinajstić information content (AvgIpc) is 3.25. The highest BCUT2D eigenvalue weighted by molar-refractivity contribution is 6.31. The minimum Gasteiger partial charge on any atom is -0.350 e. The number of amides is 2. The van der Waals surface area contributed by atoms with E-state index in [9.17, 15) is 9.59 Å². The maximum absolute atomic E-state index is 13.0. The van der Waals surface area contributed by atoms with Gasteiger partial charge in [0.1, 0.15) is 18.9 Å². The molecule has 1 saturated heterocycles. The molecule has 32 heavy (non-hydrogen) atoms. The zero-order chi connectivity index (χ0) is 22.1. The predicted molar refractivity (Wildman–Crippen MR) is 124 cm³/mol. The summed E-state index contributed by atoms with van der Waals surface area (Å²) in [5.41, 5.74) is 5.34. The van der Waals surface area contributed by atoms with Crippen molar-refractivity contribution in [3.05, 3.63) is 82.9 Å². The summed E-state index contributed by atoms with van der Waals surface area (Å²) in [4.78, 5) is 25.5. The molecule has 0 aliphatic carbocycles. The van der Waals surface area contributed by atoms with Crippen LogP contribution in [0.25, 0.3) is 10.8 Å². The van der Waals surface area contributed by atoms with Crippen molar-refractivity contribution in [3.63, 3.8) is 0 Å². The standard InChI is InChI=1S/C24H22ClN5O2/c25-20-11-4-2-7-17(20)13-26-23(31)14-29-24(32)22-12-21(28-30(22)15-27-29)19-10-5-8-16-6-1-3-9-18(16)19/h1-11,15,21-22,28H,12-14H2,(H,26,31). The van der Waals surface area contributed by atoms with E-state index in [4.69, 9.17) is 11.6 Å². The summed E-state index contributed by atoms with van der Waals surface area (Å²) >= 11 is 6.13. The molecule has 162 valence electrons. The smallest absolute Gasteiger partial charge is 0.267 e. The summed E-state index contributed by atoms with van der Waals surface area (Å²) in [6.07, 6.45) is 2.18. The molecule has 0 bridgehead atoms. The lowest BCUT2D eigenvalue weighted by Gasteiger charge is -2.29. The Morgan fingerprint density at radius 1 is 1.09 bits per heavy atom. The number of benzene rings is 3. The van der Waals surface area contributed by atoms with Crippen molar-refractivity contribution < 1.29 is 9.59 Å². The number of rotatable bonds is 5. The van der Waals surface area contributed by atoms with Gasteiger partial charge in [-0.25, -0.2) is 10.4 Å². The number of halogens is 1. The first-order chi connectivity index (χ1) is 15.6. The monoisotopic (exact) mass is 447 g/mol. The van der Waals surface area contributed by atoms with Crippen molar-refractivity contribution in [2.75, 3.05) is 6.54 Å². The number of carbonyl (C=O) groups is 2. The van der Waals surface area contributed by atoms with Gasteiger partial charge in [-0.2, -0.15) is 5.10 Å². The van der Waals surface area contributed by atoms with E-state index in [0.29, 0.717) is 18.0 Å². The van der Waals surface area contributed by atoms with Gasteiger partial charge in [0, 0.05) is 11.6 Å². The van der Waals surface area contributed by atoms with Crippen LogP contribution in [0, 0.1) is 0 Å². The van der Waals surface area contributed by atoms with Gasteiger partial charge in [-0.3, -0.25) is 14.6 Å². The molecule has 2 unspecified atom stereocenters. The van der Waals surface area contributed by atoms with Crippen molar-refractivity contribution in [1.82, 2.24) is 20.8 Å². The number of hydrazine groups is 1. The zero-order valence-electron chi connectivity index (χ0n) is 17.2. The Morgan fingerprint density at radius 2 is 1.88 bits per heavy atom. The largest absolute Gasteiger partial charge is 0.350 e. The molecule has 0 saturated carbocycles. The fourth-order valence-electron chi connectivity index (χ4n) is 4.24. The Kier molecular flexibility index (Phi) is 5.51. The molecular formula is C24H22ClN5O2. The van der Waals surface area contributed by atoms with Crippen molar-refractivity contribution in [1.29, 1.82) is 0 Å². The number of fused-ring (bicyclic) bond motifs is 2. The lowest BCUT2D eigenvalue weighted by atomic mass is 9.96. The summed E-state index contributed by atoms with van der Waals surface area (Å²) in [5, 5.41) is 12.9. The number of hydrogen-bond donors (Lipinski definition) is 2. The Hall–Kier alpha value is -3.42. The summed E-state index contributed by atoms with van der Waals surface area (Å²) < 4.78 is 0. The van der Waals surface area contributed by atoms with Gasteiger partial charge < -0.3 is 5.32 Å². The summed E-state index contributed by atoms with van der Waals surface area (Å²) in [5.74, 6) is -0.490. The second-order valence-corrected chi connectivity index (χ2v) is 8.31. The van der Waals surface area contributed by atoms with Gasteiger partial charge in [0.2, 0.25) is 5.91 Å². The van der Waals surface area contributed by atoms with Crippen LogP contribution in [0.2, 0.25) is 5.02 Å². The van der Waals surface area contributed by atoms with Gasteiger partial charge in [0.25, 0.3) is 5.91 Å². The van der Waals surface area contributed by atoms with E-state index in [1.165, 1.54) is 5.01 Å². The van der Waals surface area contributed by atoms with Crippen molar-refractivity contribution >= 4 is 40.5 Å². The van der Waals surface area contributed by atoms with Crippen LogP contribution in [0.15, 0.2) is 71.8 Å². The maximum Gasteiger partial charge on any atom is 0.267 e. The van der Waals surface area contributed by atoms with Crippen LogP contribution < -0.4 is 10.7 Å². The van der Waals surface area contributed by atoms with Gasteiger partial charge in [0.05, 0.1) is 6.04 Å². The van der Waals surface area contributed by atoms with Crippen molar-refractivity contribution in [2.24, 2.45) is 5.10 Å². The molecule has 2 aliphatic rings. The second-order valence-electron chi connectivity index (χ2n) is 7.90. The molecule has 1 fully saturated rings.